The molecule has 0 bridgehead atoms. The second-order valence-electron chi connectivity index (χ2n) is 15.8. The van der Waals surface area contributed by atoms with Gasteiger partial charge in [0.05, 0.1) is 52.8 Å². The summed E-state index contributed by atoms with van der Waals surface area (Å²) in [5, 5.41) is 104. The molecular weight excluding hydrogens is 1250 g/mol. The SMILES string of the molecule is COc1cc(N=Nc2c(SOOO)cc3c(S(=O)(=O)O)c(N=Nc4c(C)c(C#N)c5nc6ccccc6n5c4O)ccc3c2O)c(N(CCCSOOO)CCCS(=O)(=O)O)cc1N=Nc1nnc(SCCSOOO)s1.CS(=O)(=O)O. The molecule has 8 N–H and O–H groups in total. The molecule has 0 aliphatic rings. The molecule has 33 nitrogen and oxygen atoms in total. The number of methoxy groups -OCH3 is 1. The van der Waals surface area contributed by atoms with Gasteiger partial charge in [-0.25, -0.2) is 20.8 Å². The quantitative estimate of drug-likeness (QED) is 0.00430. The number of para-hydroxylation sites is 2. The molecule has 0 amide bonds. The van der Waals surface area contributed by atoms with Crippen LogP contribution < -0.4 is 9.64 Å². The number of nitrogens with zero attached hydrogens (tertiary/aromatic N) is 12. The van der Waals surface area contributed by atoms with Crippen LogP contribution in [0.15, 0.2) is 99.4 Å². The highest BCUT2D eigenvalue weighted by Gasteiger charge is 2.27. The minimum absolute atomic E-state index is 0.0255. The number of anilines is 1. The lowest BCUT2D eigenvalue weighted by molar-refractivity contribution is -0.432. The first-order valence-corrected chi connectivity index (χ1v) is 31.5. The first-order chi connectivity index (χ1) is 39.0. The molecule has 0 saturated carbocycles. The van der Waals surface area contributed by atoms with E-state index in [0.29, 0.717) is 39.6 Å². The average molecular weight is 1300 g/mol. The van der Waals surface area contributed by atoms with Crippen LogP contribution in [0.25, 0.3) is 27.5 Å². The lowest BCUT2D eigenvalue weighted by Gasteiger charge is -2.26. The van der Waals surface area contributed by atoms with Gasteiger partial charge in [0.1, 0.15) is 45.0 Å². The number of hydrogen-bond acceptors (Lipinski definition) is 34. The lowest BCUT2D eigenvalue weighted by Crippen LogP contribution is -2.27. The van der Waals surface area contributed by atoms with Crippen LogP contribution >= 0.6 is 59.2 Å². The van der Waals surface area contributed by atoms with Crippen LogP contribution in [0, 0.1) is 18.3 Å². The van der Waals surface area contributed by atoms with Crippen molar-refractivity contribution in [2.75, 3.05) is 54.4 Å². The third-order valence-electron chi connectivity index (χ3n) is 10.4. The highest BCUT2D eigenvalue weighted by molar-refractivity contribution is 8.02. The van der Waals surface area contributed by atoms with Gasteiger partial charge in [-0.15, -0.1) is 53.9 Å². The van der Waals surface area contributed by atoms with E-state index in [1.54, 1.807) is 29.2 Å². The van der Waals surface area contributed by atoms with E-state index in [4.69, 9.17) is 24.1 Å². The van der Waals surface area contributed by atoms with E-state index in [1.807, 2.05) is 0 Å². The number of aromatic hydroxyl groups is 2. The maximum absolute atomic E-state index is 13.3. The van der Waals surface area contributed by atoms with Crippen molar-refractivity contribution in [1.29, 1.82) is 5.26 Å². The fourth-order valence-electron chi connectivity index (χ4n) is 7.27. The van der Waals surface area contributed by atoms with Gasteiger partial charge in [0.15, 0.2) is 21.4 Å². The Kier molecular flexibility index (Phi) is 23.8. The number of phenols is 1. The van der Waals surface area contributed by atoms with Gasteiger partial charge < -0.3 is 19.8 Å². The van der Waals surface area contributed by atoms with Crippen molar-refractivity contribution in [3.8, 4) is 23.4 Å². The van der Waals surface area contributed by atoms with E-state index < -0.39 is 69.4 Å². The summed E-state index contributed by atoms with van der Waals surface area (Å²) in [6.45, 7) is 1.55. The molecule has 0 unspecified atom stereocenters. The van der Waals surface area contributed by atoms with Crippen LogP contribution in [0.1, 0.15) is 24.0 Å². The minimum atomic E-state index is -5.28. The summed E-state index contributed by atoms with van der Waals surface area (Å²) in [6.07, 6.45) is 0.891. The molecule has 7 rings (SSSR count). The molecule has 3 heterocycles. The number of imidazole rings is 1. The fraction of sp³-hybridized carbons (Fsp3) is 0.268. The summed E-state index contributed by atoms with van der Waals surface area (Å²) >= 11 is 4.24. The normalized spacial score (nSPS) is 12.3. The number of rotatable bonds is 28. The van der Waals surface area contributed by atoms with Crippen LogP contribution in [-0.4, -0.2) is 134 Å². The van der Waals surface area contributed by atoms with Crippen LogP contribution in [0.4, 0.5) is 39.3 Å². The minimum Gasteiger partial charge on any atom is -0.505 e. The molecule has 82 heavy (non-hydrogen) atoms. The third-order valence-corrected chi connectivity index (χ3v) is 16.1. The molecule has 0 aliphatic heterocycles. The van der Waals surface area contributed by atoms with Gasteiger partial charge in [0.2, 0.25) is 5.88 Å². The second kappa shape index (κ2) is 29.9. The standard InChI is InChI=1S/C40H38N12O18S7.CH4O3S/c1-21-24(20-41)37-42-25-7-3-4-8-29(25)52(37)38(54)33(21)46-43-26-10-9-22-23(36(26)77(61,62)63)17-32(75-70-67-57)34(35(22)53)47-44-27-19-31(64-2)28(45-48-39-49-50-40(74-39)71-14-15-73-69-66-56)18-30(27)51(11-5-13-72-68-65-55)12-6-16-76(58,59)60;1-5(2,3)4/h3-4,7-10,17-19,53-57H,5-6,11-16H2,1-2H3,(H,58,59,60)(H,61,62,63);1H3,(H,2,3,4). The number of thioether (sulfide) groups is 1. The molecule has 3 aromatic heterocycles. The summed E-state index contributed by atoms with van der Waals surface area (Å²) in [7, 11) is -12.1. The first kappa shape index (κ1) is 65.1. The highest BCUT2D eigenvalue weighted by Crippen LogP contribution is 2.49. The number of azo groups is 3. The van der Waals surface area contributed by atoms with E-state index in [2.05, 4.69) is 75.7 Å². The summed E-state index contributed by atoms with van der Waals surface area (Å²) in [6, 6.07) is 15.0. The molecule has 7 aromatic rings. The number of aromatic nitrogens is 4. The van der Waals surface area contributed by atoms with Crippen LogP contribution in [-0.2, 0) is 58.5 Å². The Balaban J connectivity index is 0.00000207. The Morgan fingerprint density at radius 1 is 0.768 bits per heavy atom. The summed E-state index contributed by atoms with van der Waals surface area (Å²) in [4.78, 5) is 4.92. The largest absolute Gasteiger partial charge is 0.505 e. The number of phenolic OH excluding ortho intramolecular Hbond substituents is 1. The van der Waals surface area contributed by atoms with Gasteiger partial charge in [-0.1, -0.05) is 50.3 Å². The lowest BCUT2D eigenvalue weighted by atomic mass is 10.1. The smallest absolute Gasteiger partial charge is 0.297 e. The highest BCUT2D eigenvalue weighted by atomic mass is 32.2. The van der Waals surface area contributed by atoms with Gasteiger partial charge >= 0.3 is 0 Å². The van der Waals surface area contributed by atoms with E-state index in [-0.39, 0.29) is 98.0 Å². The Morgan fingerprint density at radius 3 is 2.10 bits per heavy atom. The zero-order valence-electron chi connectivity index (χ0n) is 41.9. The van der Waals surface area contributed by atoms with Crippen molar-refractivity contribution >= 4 is 156 Å². The Bertz CT molecular complexity index is 3900. The maximum Gasteiger partial charge on any atom is 0.297 e. The maximum atomic E-state index is 13.3. The van der Waals surface area contributed by atoms with Gasteiger partial charge in [-0.2, -0.15) is 30.5 Å². The van der Waals surface area contributed by atoms with E-state index in [9.17, 15) is 55.1 Å². The molecule has 4 aromatic carbocycles. The van der Waals surface area contributed by atoms with Crippen molar-refractivity contribution in [1.82, 2.24) is 19.6 Å². The van der Waals surface area contributed by atoms with Crippen molar-refractivity contribution in [2.45, 2.75) is 33.9 Å². The van der Waals surface area contributed by atoms with Crippen molar-refractivity contribution in [3.05, 3.63) is 65.7 Å². The molecule has 0 atom stereocenters. The average Bonchev–Trinajstić information content (AvgIpc) is 4.23. The number of ether oxygens (including phenoxy) is 1. The van der Waals surface area contributed by atoms with Gasteiger partial charge in [-0.05, 0) is 56.2 Å². The number of nitriles is 1. The summed E-state index contributed by atoms with van der Waals surface area (Å²) in [5.74, 6) is -0.703. The van der Waals surface area contributed by atoms with Crippen molar-refractivity contribution in [2.24, 2.45) is 30.7 Å². The fourth-order valence-corrected chi connectivity index (χ4v) is 11.5. The zero-order valence-corrected chi connectivity index (χ0v) is 48.4. The topological polar surface area (TPSA) is 473 Å². The van der Waals surface area contributed by atoms with E-state index in [0.717, 1.165) is 47.6 Å². The van der Waals surface area contributed by atoms with Gasteiger partial charge in [-0.3, -0.25) is 18.1 Å². The first-order valence-electron chi connectivity index (χ1n) is 22.2. The Morgan fingerprint density at radius 2 is 1.43 bits per heavy atom. The van der Waals surface area contributed by atoms with Crippen LogP contribution in [0.2, 0.25) is 0 Å². The molecular formula is C41H42N12O21S8. The molecule has 0 spiro atoms. The zero-order chi connectivity index (χ0) is 59.8. The number of benzene rings is 4. The van der Waals surface area contributed by atoms with Crippen LogP contribution in [0.3, 0.4) is 0 Å². The predicted molar refractivity (Wildman–Crippen MR) is 296 cm³/mol. The molecule has 0 saturated heterocycles. The van der Waals surface area contributed by atoms with E-state index >= 15 is 0 Å². The molecule has 41 heteroatoms. The van der Waals surface area contributed by atoms with Crippen molar-refractivity contribution < 1.29 is 97.7 Å². The van der Waals surface area contributed by atoms with E-state index in [1.165, 1.54) is 48.4 Å². The molecule has 440 valence electrons. The van der Waals surface area contributed by atoms with Crippen molar-refractivity contribution in [3.63, 3.8) is 0 Å². The van der Waals surface area contributed by atoms with Crippen LogP contribution in [0.5, 0.6) is 17.4 Å². The van der Waals surface area contributed by atoms with Gasteiger partial charge in [0, 0.05) is 76.8 Å². The molecule has 0 aliphatic carbocycles. The number of pyridine rings is 1. The van der Waals surface area contributed by atoms with Gasteiger partial charge in [0.25, 0.3) is 35.5 Å². The molecule has 0 radical (unpaired) electrons. The Labute approximate surface area is 484 Å². The predicted octanol–water partition coefficient (Wildman–Crippen LogP) is 10.2. The number of hydrogen-bond donors (Lipinski definition) is 8. The Hall–Kier alpha value is -6.09. The summed E-state index contributed by atoms with van der Waals surface area (Å²) < 4.78 is 117. The number of fused-ring (bicyclic) bond motifs is 4. The second-order valence-corrected chi connectivity index (χ2v) is 24.8. The molecule has 0 fully saturated rings. The monoisotopic (exact) mass is 1290 g/mol. The summed E-state index contributed by atoms with van der Waals surface area (Å²) in [5.41, 5.74) is 0.234. The third kappa shape index (κ3) is 17.7.